The summed E-state index contributed by atoms with van der Waals surface area (Å²) in [6.45, 7) is -4.55. The highest BCUT2D eigenvalue weighted by atomic mass is 16.5. The second-order valence-corrected chi connectivity index (χ2v) is 11.0. The quantitative estimate of drug-likeness (QED) is 0.0179. The summed E-state index contributed by atoms with van der Waals surface area (Å²) < 4.78 is 0. The van der Waals surface area contributed by atoms with Crippen LogP contribution in [0.25, 0.3) is 0 Å². The van der Waals surface area contributed by atoms with Crippen LogP contribution >= 0.6 is 0 Å². The lowest BCUT2D eigenvalue weighted by molar-refractivity contribution is -0.139. The minimum Gasteiger partial charge on any atom is -0.393 e. The molecule has 0 spiro atoms. The number of hydrogen-bond donors (Lipinski definition) is 14. The Morgan fingerprint density at radius 1 is 0.478 bits per heavy atom. The van der Waals surface area contributed by atoms with E-state index in [1.54, 1.807) is 12.1 Å². The predicted octanol–water partition coefficient (Wildman–Crippen LogP) is -9.98. The van der Waals surface area contributed by atoms with Gasteiger partial charge in [0.05, 0.1) is 19.8 Å². The summed E-state index contributed by atoms with van der Waals surface area (Å²) in [7, 11) is 0. The molecular weight excluding hydrogens is 920 g/mol. The maximum Gasteiger partial charge on any atom is 0.295 e. The Kier molecular flexibility index (Phi) is 58.6. The Balaban J connectivity index is -0.000000123. The summed E-state index contributed by atoms with van der Waals surface area (Å²) in [5.74, 6) is -8.05. The molecule has 0 fully saturated rings. The van der Waals surface area contributed by atoms with Crippen molar-refractivity contribution in [2.75, 3.05) is 46.2 Å². The van der Waals surface area contributed by atoms with Gasteiger partial charge in [-0.2, -0.15) is 0 Å². The predicted molar refractivity (Wildman–Crippen MR) is 215 cm³/mol. The summed E-state index contributed by atoms with van der Waals surface area (Å²) in [4.78, 5) is 146. The first-order valence-corrected chi connectivity index (χ1v) is 17.9. The molecule has 29 heteroatoms. The van der Waals surface area contributed by atoms with Crippen molar-refractivity contribution in [3.8, 4) is 0 Å². The molecule has 0 radical (unpaired) electrons. The van der Waals surface area contributed by atoms with Gasteiger partial charge < -0.3 is 105 Å². The smallest absolute Gasteiger partial charge is 0.295 e. The van der Waals surface area contributed by atoms with Crippen LogP contribution in [-0.4, -0.2) is 245 Å². The minimum absolute atomic E-state index is 0.0260. The van der Waals surface area contributed by atoms with Crippen LogP contribution in [0.15, 0.2) is 24.3 Å². The van der Waals surface area contributed by atoms with E-state index in [1.165, 1.54) is 12.1 Å². The minimum atomic E-state index is -2.86. The van der Waals surface area contributed by atoms with Gasteiger partial charge in [0.2, 0.25) is 23.1 Å². The monoisotopic (exact) mass is 974 g/mol. The SMILES string of the molecule is O=C(CO)C(O)CO.O=C1c2ccccc2C(=O)C1(O)O.O=CC(=O)CO.O=CC(=O)CO.O=CC(O)C(O)C(=O)CO.O=CC(O)CO.O=CC(O)CO.O=CCCC=O.O=CCCC=O. The molecule has 29 nitrogen and oxygen atoms in total. The first-order chi connectivity index (χ1) is 31.5. The second-order valence-electron chi connectivity index (χ2n) is 11.0. The first-order valence-electron chi connectivity index (χ1n) is 17.9. The van der Waals surface area contributed by atoms with Gasteiger partial charge in [0.15, 0.2) is 43.0 Å². The fraction of sp³-hybridized carbons (Fsp3) is 0.447. The summed E-state index contributed by atoms with van der Waals surface area (Å²) >= 11 is 0. The van der Waals surface area contributed by atoms with E-state index in [2.05, 4.69) is 0 Å². The number of rotatable bonds is 21. The van der Waals surface area contributed by atoms with E-state index in [4.69, 9.17) is 71.5 Å². The third-order valence-electron chi connectivity index (χ3n) is 5.77. The number of fused-ring (bicyclic) bond motifs is 1. The van der Waals surface area contributed by atoms with Gasteiger partial charge in [-0.15, -0.1) is 0 Å². The van der Waals surface area contributed by atoms with Crippen LogP contribution in [0.5, 0.6) is 0 Å². The molecule has 5 atom stereocenters. The highest BCUT2D eigenvalue weighted by molar-refractivity contribution is 6.30. The lowest BCUT2D eigenvalue weighted by Crippen LogP contribution is -2.40. The first kappa shape index (κ1) is 75.0. The van der Waals surface area contributed by atoms with Crippen LogP contribution in [0.2, 0.25) is 0 Å². The van der Waals surface area contributed by atoms with Gasteiger partial charge in [0.1, 0.15) is 82.1 Å². The van der Waals surface area contributed by atoms with E-state index in [0.29, 0.717) is 25.7 Å². The number of benzene rings is 1. The van der Waals surface area contributed by atoms with Gasteiger partial charge in [-0.1, -0.05) is 24.3 Å². The van der Waals surface area contributed by atoms with E-state index < -0.39 is 117 Å². The number of carbonyl (C=O) groups is 15. The molecule has 14 N–H and O–H groups in total. The number of aliphatic hydroxyl groups excluding tert-OH is 12. The number of aldehydes is 9. The number of unbranched alkanes of at least 4 members (excludes halogenated alkanes) is 2. The van der Waals surface area contributed by atoms with Gasteiger partial charge in [-0.25, -0.2) is 0 Å². The number of aliphatic hydroxyl groups is 14. The van der Waals surface area contributed by atoms with Crippen molar-refractivity contribution in [3.05, 3.63) is 35.4 Å². The van der Waals surface area contributed by atoms with E-state index in [-0.39, 0.29) is 42.6 Å². The molecule has 0 amide bonds. The van der Waals surface area contributed by atoms with Crippen molar-refractivity contribution < 1.29 is 143 Å². The zero-order chi connectivity index (χ0) is 54.0. The molecule has 2 rings (SSSR count). The van der Waals surface area contributed by atoms with Crippen molar-refractivity contribution in [1.82, 2.24) is 0 Å². The molecule has 0 saturated carbocycles. The zero-order valence-corrected chi connectivity index (χ0v) is 35.1. The van der Waals surface area contributed by atoms with E-state index >= 15 is 0 Å². The molecule has 380 valence electrons. The topological polar surface area (TPSA) is 539 Å². The van der Waals surface area contributed by atoms with Crippen molar-refractivity contribution in [2.45, 2.75) is 62.0 Å². The average molecular weight is 975 g/mol. The molecule has 0 heterocycles. The molecule has 1 aliphatic rings. The highest BCUT2D eigenvalue weighted by Gasteiger charge is 2.50. The van der Waals surface area contributed by atoms with E-state index in [0.717, 1.165) is 25.1 Å². The maximum absolute atomic E-state index is 11.2. The van der Waals surface area contributed by atoms with Crippen LogP contribution < -0.4 is 0 Å². The normalized spacial score (nSPS) is 12.7. The molecular formula is C38H54O29. The van der Waals surface area contributed by atoms with Gasteiger partial charge >= 0.3 is 0 Å². The molecule has 0 bridgehead atoms. The third-order valence-corrected chi connectivity index (χ3v) is 5.77. The van der Waals surface area contributed by atoms with Crippen molar-refractivity contribution in [3.63, 3.8) is 0 Å². The zero-order valence-electron chi connectivity index (χ0n) is 35.1. The molecule has 1 aromatic carbocycles. The van der Waals surface area contributed by atoms with Crippen LogP contribution in [0, 0.1) is 0 Å². The fourth-order valence-electron chi connectivity index (χ4n) is 2.36. The molecule has 0 aromatic heterocycles. The summed E-state index contributed by atoms with van der Waals surface area (Å²) in [5.41, 5.74) is 0.134. The Hall–Kier alpha value is -6.29. The van der Waals surface area contributed by atoms with Crippen molar-refractivity contribution >= 4 is 91.3 Å². The third kappa shape index (κ3) is 44.7. The van der Waals surface area contributed by atoms with Gasteiger partial charge in [0, 0.05) is 36.8 Å². The highest BCUT2D eigenvalue weighted by Crippen LogP contribution is 2.27. The van der Waals surface area contributed by atoms with E-state index in [9.17, 15) is 71.9 Å². The largest absolute Gasteiger partial charge is 0.393 e. The van der Waals surface area contributed by atoms with Crippen LogP contribution in [0.1, 0.15) is 46.4 Å². The molecule has 1 aliphatic carbocycles. The summed E-state index contributed by atoms with van der Waals surface area (Å²) in [6.07, 6.45) is -2.21. The average Bonchev–Trinajstić information content (AvgIpc) is 3.55. The van der Waals surface area contributed by atoms with Gasteiger partial charge in [0.25, 0.3) is 5.79 Å². The van der Waals surface area contributed by atoms with Gasteiger partial charge in [-0.05, 0) is 0 Å². The molecule has 67 heavy (non-hydrogen) atoms. The lowest BCUT2D eigenvalue weighted by Gasteiger charge is -2.08. The van der Waals surface area contributed by atoms with Crippen molar-refractivity contribution in [1.29, 1.82) is 0 Å². The standard InChI is InChI=1S/C9H6O4.C5H8O5.C4H8O4.2C4H6O2.2C3H6O3.2C3H4O3/c10-7-5-3-1-2-4-6(5)8(11)9(7,12)13;6-1-3(8)5(10)4(9)2-7;5-1-3(7)4(8)2-6;2*5-3-1-2-4-6;4*4-1-3(6)2-5/h1-4,12-13H;1,3,5,7-8,10H,2H2;3,5-7H,1-2H2;2*3-4H,1-2H2;2*1,3,5-6H,2H2;2*1,5H,2H2. The number of carbonyl (C=O) groups excluding carboxylic acids is 15. The van der Waals surface area contributed by atoms with Crippen LogP contribution in [0.3, 0.4) is 0 Å². The Morgan fingerprint density at radius 3 is 0.940 bits per heavy atom. The maximum atomic E-state index is 11.2. The Bertz CT molecular complexity index is 1500. The lowest BCUT2D eigenvalue weighted by atomic mass is 10.1. The van der Waals surface area contributed by atoms with Crippen molar-refractivity contribution in [2.24, 2.45) is 0 Å². The number of ketones is 6. The molecule has 5 unspecified atom stereocenters. The summed E-state index contributed by atoms with van der Waals surface area (Å²) in [6, 6.07) is 5.91. The molecule has 0 aliphatic heterocycles. The van der Waals surface area contributed by atoms with Crippen LogP contribution in [-0.2, 0) is 62.3 Å². The van der Waals surface area contributed by atoms with Crippen LogP contribution in [0.4, 0.5) is 0 Å². The Morgan fingerprint density at radius 2 is 0.791 bits per heavy atom. The van der Waals surface area contributed by atoms with Gasteiger partial charge in [-0.3, -0.25) is 38.4 Å². The number of hydrogen-bond acceptors (Lipinski definition) is 29. The molecule has 0 saturated heterocycles. The number of Topliss-reactive ketones (excluding diaryl/α,β-unsaturated/α-hetero) is 6. The Labute approximate surface area is 378 Å². The second kappa shape index (κ2) is 52.3. The van der Waals surface area contributed by atoms with E-state index in [1.807, 2.05) is 0 Å². The summed E-state index contributed by atoms with van der Waals surface area (Å²) in [5, 5.41) is 115. The fourth-order valence-corrected chi connectivity index (χ4v) is 2.36. The molecule has 1 aromatic rings.